The predicted molar refractivity (Wildman–Crippen MR) is 157 cm³/mol. The number of halogens is 6. The summed E-state index contributed by atoms with van der Waals surface area (Å²) in [5, 5.41) is 15.7. The van der Waals surface area contributed by atoms with E-state index in [1.165, 1.54) is 18.2 Å². The Morgan fingerprint density at radius 1 is 1.09 bits per heavy atom. The van der Waals surface area contributed by atoms with Crippen molar-refractivity contribution in [1.29, 1.82) is 0 Å². The summed E-state index contributed by atoms with van der Waals surface area (Å²) >= 11 is 0. The van der Waals surface area contributed by atoms with E-state index in [1.807, 2.05) is 6.92 Å². The van der Waals surface area contributed by atoms with Crippen molar-refractivity contribution in [2.24, 2.45) is 0 Å². The summed E-state index contributed by atoms with van der Waals surface area (Å²) < 4.78 is 92.0. The van der Waals surface area contributed by atoms with Crippen LogP contribution in [0.4, 0.5) is 48.5 Å². The van der Waals surface area contributed by atoms with Gasteiger partial charge in [0, 0.05) is 24.6 Å². The number of fused-ring (bicyclic) bond motifs is 1. The maximum absolute atomic E-state index is 13.6. The van der Waals surface area contributed by atoms with E-state index < -0.39 is 48.1 Å². The Kier molecular flexibility index (Phi) is 10.5. The average molecular weight is 657 g/mol. The zero-order chi connectivity index (χ0) is 33.8. The molecule has 3 heterocycles. The zero-order valence-electron chi connectivity index (χ0n) is 25.5. The molecule has 0 aliphatic carbocycles. The average Bonchev–Trinajstić information content (AvgIpc) is 3.00. The van der Waals surface area contributed by atoms with Crippen LogP contribution < -0.4 is 20.3 Å². The minimum atomic E-state index is -5.02. The molecule has 250 valence electrons. The van der Waals surface area contributed by atoms with E-state index in [0.29, 0.717) is 36.4 Å². The number of aliphatic hydroxyl groups is 1. The van der Waals surface area contributed by atoms with Gasteiger partial charge in [-0.1, -0.05) is 6.92 Å². The fourth-order valence-electron chi connectivity index (χ4n) is 5.15. The molecule has 46 heavy (non-hydrogen) atoms. The van der Waals surface area contributed by atoms with E-state index in [-0.39, 0.29) is 54.1 Å². The van der Waals surface area contributed by atoms with Gasteiger partial charge in [0.25, 0.3) is 0 Å². The van der Waals surface area contributed by atoms with Gasteiger partial charge in [0.2, 0.25) is 11.8 Å². The van der Waals surface area contributed by atoms with Crippen molar-refractivity contribution >= 4 is 23.4 Å². The summed E-state index contributed by atoms with van der Waals surface area (Å²) in [7, 11) is 1.43. The number of ether oxygens (including phenoxy) is 2. The van der Waals surface area contributed by atoms with Crippen molar-refractivity contribution < 1.29 is 45.7 Å². The van der Waals surface area contributed by atoms with E-state index in [4.69, 9.17) is 9.47 Å². The molecule has 2 aromatic heterocycles. The van der Waals surface area contributed by atoms with Crippen LogP contribution in [-0.2, 0) is 23.5 Å². The molecule has 0 radical (unpaired) electrons. The Hall–Kier alpha value is -4.34. The van der Waals surface area contributed by atoms with Crippen LogP contribution in [0.2, 0.25) is 0 Å². The topological polar surface area (TPSA) is 122 Å². The van der Waals surface area contributed by atoms with Crippen molar-refractivity contribution in [3.8, 4) is 5.88 Å². The minimum absolute atomic E-state index is 0.0141. The molecule has 1 aliphatic heterocycles. The number of aromatic nitrogens is 3. The van der Waals surface area contributed by atoms with Crippen LogP contribution in [0.25, 0.3) is 0 Å². The van der Waals surface area contributed by atoms with Crippen LogP contribution in [0.5, 0.6) is 5.88 Å². The second kappa shape index (κ2) is 14.0. The second-order valence-corrected chi connectivity index (χ2v) is 10.7. The number of nitrogens with zero attached hydrogens (tertiary/aromatic N) is 4. The highest BCUT2D eigenvalue weighted by Gasteiger charge is 2.39. The van der Waals surface area contributed by atoms with Gasteiger partial charge in [-0.3, -0.25) is 4.90 Å². The van der Waals surface area contributed by atoms with Gasteiger partial charge in [-0.2, -0.15) is 26.3 Å². The Morgan fingerprint density at radius 2 is 1.76 bits per heavy atom. The standard InChI is InChI=1S/C30H34F6N6O4/c1-5-20-13-22(26-24(7-8-25(41-26)45-4)42(20)28(44)46-6-2)40-27-37-14-23(38-16(3)15-43)21(39-27)11-17-9-18(29(31,32)33)12-19(10-17)30(34,35)36/h7-10,12,14,16,20,22,38,43H,5-6,11,13,15H2,1-4H3,(H,37,39,40)/t16?,20-,22+/m1/s1. The molecule has 1 amide bonds. The molecule has 0 saturated carbocycles. The number of alkyl halides is 6. The van der Waals surface area contributed by atoms with Gasteiger partial charge in [-0.05, 0) is 56.5 Å². The Balaban J connectivity index is 1.77. The highest BCUT2D eigenvalue weighted by atomic mass is 19.4. The number of methoxy groups -OCH3 is 1. The van der Waals surface area contributed by atoms with Gasteiger partial charge in [0.1, 0.15) is 0 Å². The SMILES string of the molecule is CCOC(=O)N1c2ccc(OC)nc2[C@@H](Nc2ncc(NC(C)CO)c(Cc3cc(C(F)(F)F)cc(C(F)(F)F)c3)n2)C[C@H]1CC. The van der Waals surface area contributed by atoms with Crippen molar-refractivity contribution in [3.63, 3.8) is 0 Å². The first-order valence-corrected chi connectivity index (χ1v) is 14.5. The third kappa shape index (κ3) is 7.89. The molecule has 1 aliphatic rings. The highest BCUT2D eigenvalue weighted by molar-refractivity contribution is 5.90. The van der Waals surface area contributed by atoms with Gasteiger partial charge in [-0.25, -0.2) is 19.7 Å². The summed E-state index contributed by atoms with van der Waals surface area (Å²) in [4.78, 5) is 27.8. The van der Waals surface area contributed by atoms with Gasteiger partial charge >= 0.3 is 18.4 Å². The number of benzene rings is 1. The first kappa shape index (κ1) is 34.5. The van der Waals surface area contributed by atoms with E-state index in [2.05, 4.69) is 25.6 Å². The number of rotatable bonds is 10. The molecular formula is C30H34F6N6O4. The smallest absolute Gasteiger partial charge is 0.416 e. The Morgan fingerprint density at radius 3 is 2.33 bits per heavy atom. The summed E-state index contributed by atoms with van der Waals surface area (Å²) in [6.45, 7) is 5.06. The number of carbonyl (C=O) groups is 1. The second-order valence-electron chi connectivity index (χ2n) is 10.7. The number of hydrogen-bond acceptors (Lipinski definition) is 9. The van der Waals surface area contributed by atoms with E-state index >= 15 is 0 Å². The number of nitrogens with one attached hydrogen (secondary N) is 2. The van der Waals surface area contributed by atoms with E-state index in [9.17, 15) is 36.2 Å². The first-order chi connectivity index (χ1) is 21.7. The monoisotopic (exact) mass is 656 g/mol. The van der Waals surface area contributed by atoms with Gasteiger partial charge in [-0.15, -0.1) is 0 Å². The molecule has 16 heteroatoms. The largest absolute Gasteiger partial charge is 0.481 e. The Bertz CT molecular complexity index is 1500. The molecule has 10 nitrogen and oxygen atoms in total. The summed E-state index contributed by atoms with van der Waals surface area (Å²) in [5.41, 5.74) is -1.99. The van der Waals surface area contributed by atoms with Crippen LogP contribution in [0.3, 0.4) is 0 Å². The number of hydrogen-bond donors (Lipinski definition) is 3. The van der Waals surface area contributed by atoms with Crippen LogP contribution >= 0.6 is 0 Å². The minimum Gasteiger partial charge on any atom is -0.481 e. The van der Waals surface area contributed by atoms with Crippen molar-refractivity contribution in [2.45, 2.75) is 70.5 Å². The molecule has 0 saturated heterocycles. The van der Waals surface area contributed by atoms with Gasteiger partial charge in [0.05, 0.1) is 66.5 Å². The van der Waals surface area contributed by atoms with Crippen LogP contribution in [0.15, 0.2) is 36.5 Å². The van der Waals surface area contributed by atoms with E-state index in [1.54, 1.807) is 26.0 Å². The van der Waals surface area contributed by atoms with Crippen LogP contribution in [-0.4, -0.2) is 58.6 Å². The summed E-state index contributed by atoms with van der Waals surface area (Å²) in [6, 6.07) is 3.20. The molecule has 0 fully saturated rings. The first-order valence-electron chi connectivity index (χ1n) is 14.5. The lowest BCUT2D eigenvalue weighted by atomic mass is 9.93. The Labute approximate surface area is 261 Å². The van der Waals surface area contributed by atoms with Gasteiger partial charge in [0.15, 0.2) is 0 Å². The third-order valence-electron chi connectivity index (χ3n) is 7.35. The van der Waals surface area contributed by atoms with Crippen LogP contribution in [0, 0.1) is 0 Å². The number of amides is 1. The highest BCUT2D eigenvalue weighted by Crippen LogP contribution is 2.41. The third-order valence-corrected chi connectivity index (χ3v) is 7.35. The number of anilines is 3. The molecule has 3 atom stereocenters. The fourth-order valence-corrected chi connectivity index (χ4v) is 5.15. The lowest BCUT2D eigenvalue weighted by molar-refractivity contribution is -0.143. The lowest BCUT2D eigenvalue weighted by Crippen LogP contribution is -2.46. The maximum Gasteiger partial charge on any atom is 0.416 e. The molecule has 0 bridgehead atoms. The molecule has 3 N–H and O–H groups in total. The van der Waals surface area contributed by atoms with Crippen molar-refractivity contribution in [2.75, 3.05) is 35.9 Å². The molecule has 3 aromatic rings. The molecule has 0 spiro atoms. The van der Waals surface area contributed by atoms with E-state index in [0.717, 1.165) is 0 Å². The molecule has 4 rings (SSSR count). The summed E-state index contributed by atoms with van der Waals surface area (Å²) in [5.74, 6) is 0.286. The number of aliphatic hydroxyl groups excluding tert-OH is 1. The van der Waals surface area contributed by atoms with Crippen molar-refractivity contribution in [1.82, 2.24) is 15.0 Å². The summed E-state index contributed by atoms with van der Waals surface area (Å²) in [6.07, 6.45) is -8.79. The molecular weight excluding hydrogens is 622 g/mol. The van der Waals surface area contributed by atoms with Crippen molar-refractivity contribution in [3.05, 3.63) is 64.6 Å². The quantitative estimate of drug-likeness (QED) is 0.207. The zero-order valence-corrected chi connectivity index (χ0v) is 25.5. The maximum atomic E-state index is 13.6. The predicted octanol–water partition coefficient (Wildman–Crippen LogP) is 6.60. The normalized spacial score (nSPS) is 17.2. The number of pyridine rings is 1. The number of carbonyl (C=O) groups excluding carboxylic acids is 1. The van der Waals surface area contributed by atoms with Crippen LogP contribution in [0.1, 0.15) is 67.7 Å². The molecule has 1 unspecified atom stereocenters. The van der Waals surface area contributed by atoms with Gasteiger partial charge < -0.3 is 25.2 Å². The lowest BCUT2D eigenvalue weighted by Gasteiger charge is -2.39. The fraction of sp³-hybridized carbons (Fsp3) is 0.467. The molecule has 1 aromatic carbocycles.